The topological polar surface area (TPSA) is 124 Å². The molecule has 14 heteroatoms. The first-order valence-electron chi connectivity index (χ1n) is 12.0. The summed E-state index contributed by atoms with van der Waals surface area (Å²) >= 11 is 14.8. The van der Waals surface area contributed by atoms with E-state index < -0.39 is 0 Å². The Balaban J connectivity index is 1.46. The van der Waals surface area contributed by atoms with Gasteiger partial charge in [0.25, 0.3) is 5.91 Å². The molecule has 2 N–H and O–H groups in total. The van der Waals surface area contributed by atoms with Gasteiger partial charge in [-0.05, 0) is 55.8 Å². The molecule has 0 saturated carbocycles. The van der Waals surface area contributed by atoms with E-state index in [1.807, 2.05) is 0 Å². The number of halogens is 2. The lowest BCUT2D eigenvalue weighted by atomic mass is 10.2. The van der Waals surface area contributed by atoms with Crippen molar-refractivity contribution in [3.8, 4) is 11.4 Å². The quantitative estimate of drug-likeness (QED) is 0.158. The summed E-state index contributed by atoms with van der Waals surface area (Å²) in [5.74, 6) is 0.670. The third kappa shape index (κ3) is 7.91. The molecule has 0 radical (unpaired) electrons. The van der Waals surface area contributed by atoms with Crippen LogP contribution in [0.15, 0.2) is 47.6 Å². The van der Waals surface area contributed by atoms with Crippen molar-refractivity contribution in [2.45, 2.75) is 38.4 Å². The predicted molar refractivity (Wildman–Crippen MR) is 153 cm³/mol. The zero-order valence-corrected chi connectivity index (χ0v) is 24.3. The lowest BCUT2D eigenvalue weighted by molar-refractivity contribution is -0.113. The fraction of sp³-hybridized carbons (Fsp3) is 0.280. The van der Waals surface area contributed by atoms with Crippen molar-refractivity contribution in [3.05, 3.63) is 68.9 Å². The number of nitrogens with zero attached hydrogens (tertiary/aromatic N) is 5. The molecule has 2 amide bonds. The Morgan fingerprint density at radius 1 is 1.05 bits per heavy atom. The van der Waals surface area contributed by atoms with Crippen molar-refractivity contribution in [3.63, 3.8) is 0 Å². The number of benzene rings is 2. The maximum absolute atomic E-state index is 12.8. The summed E-state index contributed by atoms with van der Waals surface area (Å²) in [6, 6.07) is 12.0. The SMILES string of the molecule is CCCCOc1ccc(C(=O)NCc2nnc(SCC(=O)Nc3nnc(C)s3)n2-c2ccc(Cl)c(Cl)c2)cc1. The molecule has 0 aliphatic heterocycles. The fourth-order valence-electron chi connectivity index (χ4n) is 3.32. The highest BCUT2D eigenvalue weighted by Gasteiger charge is 2.18. The van der Waals surface area contributed by atoms with Gasteiger partial charge in [0.05, 0.1) is 34.6 Å². The Morgan fingerprint density at radius 3 is 2.54 bits per heavy atom. The fourth-order valence-corrected chi connectivity index (χ4v) is 4.99. The van der Waals surface area contributed by atoms with Gasteiger partial charge < -0.3 is 10.1 Å². The molecule has 2 aromatic carbocycles. The van der Waals surface area contributed by atoms with E-state index in [4.69, 9.17) is 27.9 Å². The number of aromatic nitrogens is 5. The first kappa shape index (κ1) is 28.8. The largest absolute Gasteiger partial charge is 0.494 e. The maximum atomic E-state index is 12.8. The summed E-state index contributed by atoms with van der Waals surface area (Å²) in [5.41, 5.74) is 1.12. The van der Waals surface area contributed by atoms with Gasteiger partial charge in [-0.1, -0.05) is 59.6 Å². The number of unbranched alkanes of at least 4 members (excludes halogenated alkanes) is 1. The molecule has 2 aromatic heterocycles. The number of rotatable bonds is 12. The van der Waals surface area contributed by atoms with E-state index in [0.717, 1.165) is 17.8 Å². The first-order valence-corrected chi connectivity index (χ1v) is 14.5. The second-order valence-electron chi connectivity index (χ2n) is 8.20. The van der Waals surface area contributed by atoms with Crippen LogP contribution < -0.4 is 15.4 Å². The summed E-state index contributed by atoms with van der Waals surface area (Å²) in [5, 5.41) is 24.3. The van der Waals surface area contributed by atoms with Crippen LogP contribution in [0.4, 0.5) is 5.13 Å². The molecule has 0 bridgehead atoms. The number of hydrogen-bond donors (Lipinski definition) is 2. The van der Waals surface area contributed by atoms with Crippen LogP contribution in [-0.4, -0.2) is 49.1 Å². The van der Waals surface area contributed by atoms with E-state index in [0.29, 0.717) is 49.8 Å². The van der Waals surface area contributed by atoms with Gasteiger partial charge in [0.1, 0.15) is 10.8 Å². The summed E-state index contributed by atoms with van der Waals surface area (Å²) in [6.45, 7) is 4.62. The number of carbonyl (C=O) groups is 2. The van der Waals surface area contributed by atoms with Crippen LogP contribution in [0.25, 0.3) is 5.69 Å². The molecule has 0 unspecified atom stereocenters. The van der Waals surface area contributed by atoms with Crippen molar-refractivity contribution >= 4 is 63.2 Å². The molecule has 4 aromatic rings. The van der Waals surface area contributed by atoms with Crippen LogP contribution in [0.5, 0.6) is 5.75 Å². The van der Waals surface area contributed by atoms with Gasteiger partial charge in [0, 0.05) is 5.56 Å². The minimum Gasteiger partial charge on any atom is -0.494 e. The van der Waals surface area contributed by atoms with Crippen LogP contribution in [0, 0.1) is 6.92 Å². The average molecular weight is 607 g/mol. The van der Waals surface area contributed by atoms with E-state index in [-0.39, 0.29) is 24.1 Å². The minimum absolute atomic E-state index is 0.0527. The Kier molecular flexibility index (Phi) is 10.2. The molecule has 2 heterocycles. The average Bonchev–Trinajstić information content (AvgIpc) is 3.53. The molecule has 4 rings (SSSR count). The van der Waals surface area contributed by atoms with E-state index in [2.05, 4.69) is 38.0 Å². The van der Waals surface area contributed by atoms with Crippen molar-refractivity contribution in [2.75, 3.05) is 17.7 Å². The Morgan fingerprint density at radius 2 is 1.85 bits per heavy atom. The molecule has 204 valence electrons. The van der Waals surface area contributed by atoms with Gasteiger partial charge >= 0.3 is 0 Å². The van der Waals surface area contributed by atoms with E-state index in [1.54, 1.807) is 54.0 Å². The molecule has 0 atom stereocenters. The number of anilines is 1. The first-order chi connectivity index (χ1) is 18.8. The number of ether oxygens (including phenoxy) is 1. The van der Waals surface area contributed by atoms with Crippen LogP contribution in [0.1, 0.15) is 41.0 Å². The van der Waals surface area contributed by atoms with E-state index in [1.165, 1.54) is 23.1 Å². The Hall–Kier alpha value is -3.19. The highest BCUT2D eigenvalue weighted by molar-refractivity contribution is 7.99. The third-order valence-corrected chi connectivity index (χ3v) is 7.68. The predicted octanol–water partition coefficient (Wildman–Crippen LogP) is 5.57. The molecule has 0 aliphatic rings. The summed E-state index contributed by atoms with van der Waals surface area (Å²) in [6.07, 6.45) is 2.01. The lowest BCUT2D eigenvalue weighted by Crippen LogP contribution is -2.24. The highest BCUT2D eigenvalue weighted by atomic mass is 35.5. The molecule has 39 heavy (non-hydrogen) atoms. The lowest BCUT2D eigenvalue weighted by Gasteiger charge is -2.12. The van der Waals surface area contributed by atoms with Crippen LogP contribution in [0.3, 0.4) is 0 Å². The van der Waals surface area contributed by atoms with Crippen LogP contribution in [0.2, 0.25) is 10.0 Å². The normalized spacial score (nSPS) is 10.9. The standard InChI is InChI=1S/C25H25Cl2N7O3S2/c1-3-4-11-37-18-8-5-16(6-9-18)23(36)28-13-21-31-33-25(34(21)17-7-10-19(26)20(27)12-17)38-14-22(35)29-24-32-30-15(2)39-24/h5-10,12H,3-4,11,13-14H2,1-2H3,(H,28,36)(H,29,32,35). The summed E-state index contributed by atoms with van der Waals surface area (Å²) < 4.78 is 7.38. The van der Waals surface area contributed by atoms with Gasteiger partial charge in [-0.15, -0.1) is 20.4 Å². The van der Waals surface area contributed by atoms with E-state index in [9.17, 15) is 9.59 Å². The number of nitrogens with one attached hydrogen (secondary N) is 2. The highest BCUT2D eigenvalue weighted by Crippen LogP contribution is 2.28. The van der Waals surface area contributed by atoms with Gasteiger partial charge in [-0.2, -0.15) is 0 Å². The van der Waals surface area contributed by atoms with Crippen LogP contribution in [-0.2, 0) is 11.3 Å². The van der Waals surface area contributed by atoms with Crippen LogP contribution >= 0.6 is 46.3 Å². The second-order valence-corrected chi connectivity index (χ2v) is 11.1. The molecule has 0 spiro atoms. The van der Waals surface area contributed by atoms with Gasteiger partial charge in [-0.25, -0.2) is 0 Å². The van der Waals surface area contributed by atoms with Gasteiger partial charge in [0.15, 0.2) is 11.0 Å². The second kappa shape index (κ2) is 13.7. The molecule has 0 aliphatic carbocycles. The number of hydrogen-bond acceptors (Lipinski definition) is 9. The van der Waals surface area contributed by atoms with Gasteiger partial charge in [-0.3, -0.25) is 19.5 Å². The minimum atomic E-state index is -0.278. The van der Waals surface area contributed by atoms with Crippen molar-refractivity contribution in [2.24, 2.45) is 0 Å². The van der Waals surface area contributed by atoms with Crippen molar-refractivity contribution in [1.82, 2.24) is 30.3 Å². The molecule has 0 saturated heterocycles. The smallest absolute Gasteiger partial charge is 0.251 e. The number of aryl methyl sites for hydroxylation is 1. The zero-order valence-electron chi connectivity index (χ0n) is 21.1. The van der Waals surface area contributed by atoms with Crippen molar-refractivity contribution < 1.29 is 14.3 Å². The van der Waals surface area contributed by atoms with Crippen molar-refractivity contribution in [1.29, 1.82) is 0 Å². The Bertz CT molecular complexity index is 1440. The zero-order chi connectivity index (χ0) is 27.8. The molecular formula is C25H25Cl2N7O3S2. The summed E-state index contributed by atoms with van der Waals surface area (Å²) in [4.78, 5) is 25.3. The number of carbonyl (C=O) groups excluding carboxylic acids is 2. The third-order valence-electron chi connectivity index (χ3n) is 5.26. The maximum Gasteiger partial charge on any atom is 0.251 e. The van der Waals surface area contributed by atoms with Gasteiger partial charge in [0.2, 0.25) is 11.0 Å². The number of amides is 2. The Labute approximate surface area is 243 Å². The van der Waals surface area contributed by atoms with E-state index >= 15 is 0 Å². The molecule has 0 fully saturated rings. The monoisotopic (exact) mass is 605 g/mol. The molecular weight excluding hydrogens is 581 g/mol. The summed E-state index contributed by atoms with van der Waals surface area (Å²) in [7, 11) is 0. The molecule has 10 nitrogen and oxygen atoms in total. The number of thioether (sulfide) groups is 1.